The van der Waals surface area contributed by atoms with Crippen molar-refractivity contribution in [3.05, 3.63) is 48.2 Å². The van der Waals surface area contributed by atoms with Crippen LogP contribution in [0, 0.1) is 0 Å². The second-order valence-electron chi connectivity index (χ2n) is 6.37. The predicted octanol–water partition coefficient (Wildman–Crippen LogP) is 3.41. The number of nitrogens with zero attached hydrogens (tertiary/aromatic N) is 2. The molecule has 1 aromatic carbocycles. The highest BCUT2D eigenvalue weighted by Crippen LogP contribution is 2.35. The monoisotopic (exact) mass is 294 g/mol. The van der Waals surface area contributed by atoms with Crippen molar-refractivity contribution in [1.82, 2.24) is 0 Å². The summed E-state index contributed by atoms with van der Waals surface area (Å²) in [4.78, 5) is 0. The van der Waals surface area contributed by atoms with Gasteiger partial charge < -0.3 is 4.42 Å². The highest BCUT2D eigenvalue weighted by Gasteiger charge is 2.28. The van der Waals surface area contributed by atoms with E-state index in [4.69, 9.17) is 4.42 Å². The molecule has 0 atom stereocenters. The Hall–Kier alpha value is -2.16. The summed E-state index contributed by atoms with van der Waals surface area (Å²) in [5, 5.41) is 0. The Kier molecular flexibility index (Phi) is 3.21. The average Bonchev–Trinajstić information content (AvgIpc) is 3.16. The summed E-state index contributed by atoms with van der Waals surface area (Å²) in [6.07, 6.45) is 7.43. The Morgan fingerprint density at radius 3 is 2.64 bits per heavy atom. The fourth-order valence-corrected chi connectivity index (χ4v) is 3.65. The van der Waals surface area contributed by atoms with Crippen LogP contribution in [0.3, 0.4) is 0 Å². The molecule has 2 aromatic heterocycles. The summed E-state index contributed by atoms with van der Waals surface area (Å²) in [5.74, 6) is 1.64. The van der Waals surface area contributed by atoms with E-state index >= 15 is 0 Å². The number of aromatic nitrogens is 2. The molecule has 22 heavy (non-hydrogen) atoms. The van der Waals surface area contributed by atoms with Gasteiger partial charge in [0, 0.05) is 18.2 Å². The number of hydrogen-bond donors (Lipinski definition) is 0. The van der Waals surface area contributed by atoms with Crippen molar-refractivity contribution in [2.75, 3.05) is 0 Å². The maximum absolute atomic E-state index is 6.13. The molecule has 1 aliphatic carbocycles. The molecule has 112 valence electrons. The third-order valence-corrected chi connectivity index (χ3v) is 4.96. The highest BCUT2D eigenvalue weighted by molar-refractivity contribution is 5.71. The fourth-order valence-electron chi connectivity index (χ4n) is 3.65. The first-order valence-corrected chi connectivity index (χ1v) is 8.11. The minimum absolute atomic E-state index is 0.732. The van der Waals surface area contributed by atoms with Crippen molar-refractivity contribution < 1.29 is 13.6 Å². The molecule has 4 rings (SSSR count). The van der Waals surface area contributed by atoms with E-state index in [9.17, 15) is 0 Å². The number of aryl methyl sites for hydroxylation is 2. The van der Waals surface area contributed by atoms with E-state index in [2.05, 4.69) is 40.4 Å². The SMILES string of the molecule is C[n+]1ccccc1-c1oc2ccc(C3CCCC3)cc2[n+]1C. The average molecular weight is 294 g/mol. The molecule has 3 aromatic rings. The Bertz CT molecular complexity index is 829. The van der Waals surface area contributed by atoms with Crippen LogP contribution in [0.4, 0.5) is 0 Å². The maximum atomic E-state index is 6.13. The van der Waals surface area contributed by atoms with Gasteiger partial charge in [0.25, 0.3) is 5.52 Å². The smallest absolute Gasteiger partial charge is 0.393 e. The highest BCUT2D eigenvalue weighted by atomic mass is 16.4. The maximum Gasteiger partial charge on any atom is 0.448 e. The lowest BCUT2D eigenvalue weighted by Gasteiger charge is -2.07. The van der Waals surface area contributed by atoms with Crippen molar-refractivity contribution in [2.24, 2.45) is 14.1 Å². The van der Waals surface area contributed by atoms with Crippen LogP contribution in [0.5, 0.6) is 0 Å². The first kappa shape index (κ1) is 13.5. The molecule has 0 amide bonds. The number of pyridine rings is 1. The first-order valence-electron chi connectivity index (χ1n) is 8.11. The van der Waals surface area contributed by atoms with Gasteiger partial charge in [-0.05, 0) is 36.5 Å². The van der Waals surface area contributed by atoms with E-state index in [0.29, 0.717) is 0 Å². The number of rotatable bonds is 2. The van der Waals surface area contributed by atoms with Gasteiger partial charge in [0.05, 0.1) is 0 Å². The van der Waals surface area contributed by atoms with E-state index in [1.54, 1.807) is 0 Å². The Balaban J connectivity index is 1.85. The molecule has 0 aliphatic heterocycles. The summed E-state index contributed by atoms with van der Waals surface area (Å²) in [6.45, 7) is 0. The number of benzene rings is 1. The third kappa shape index (κ3) is 2.12. The molecular formula is C19H22N2O+2. The molecule has 2 heterocycles. The van der Waals surface area contributed by atoms with Crippen LogP contribution >= 0.6 is 0 Å². The third-order valence-electron chi connectivity index (χ3n) is 4.96. The molecule has 0 radical (unpaired) electrons. The van der Waals surface area contributed by atoms with Gasteiger partial charge in [0.2, 0.25) is 5.58 Å². The summed E-state index contributed by atoms with van der Waals surface area (Å²) in [6, 6.07) is 12.9. The number of hydrogen-bond acceptors (Lipinski definition) is 1. The summed E-state index contributed by atoms with van der Waals surface area (Å²) in [5.41, 5.74) is 4.69. The van der Waals surface area contributed by atoms with Crippen molar-refractivity contribution in [3.63, 3.8) is 0 Å². The van der Waals surface area contributed by atoms with E-state index in [0.717, 1.165) is 23.1 Å². The predicted molar refractivity (Wildman–Crippen MR) is 85.2 cm³/mol. The standard InChI is InChI=1S/C19H22N2O/c1-20-12-6-5-9-16(20)19-21(2)17-13-15(10-11-18(17)22-19)14-7-3-4-8-14/h5-6,9-14H,3-4,7-8H2,1-2H3/q+2. The second-order valence-corrected chi connectivity index (χ2v) is 6.37. The number of oxazole rings is 1. The minimum Gasteiger partial charge on any atom is -0.393 e. The minimum atomic E-state index is 0.732. The topological polar surface area (TPSA) is 20.9 Å². The van der Waals surface area contributed by atoms with Crippen molar-refractivity contribution in [3.8, 4) is 11.6 Å². The van der Waals surface area contributed by atoms with Crippen LogP contribution in [-0.2, 0) is 14.1 Å². The molecule has 1 saturated carbocycles. The van der Waals surface area contributed by atoms with Gasteiger partial charge in [-0.1, -0.05) is 18.9 Å². The van der Waals surface area contributed by atoms with Crippen molar-refractivity contribution in [2.45, 2.75) is 31.6 Å². The van der Waals surface area contributed by atoms with Gasteiger partial charge >= 0.3 is 11.6 Å². The summed E-state index contributed by atoms with van der Waals surface area (Å²) in [7, 11) is 4.14. The van der Waals surface area contributed by atoms with Gasteiger partial charge in [0.1, 0.15) is 14.1 Å². The first-order chi connectivity index (χ1) is 10.7. The van der Waals surface area contributed by atoms with Gasteiger partial charge in [-0.15, -0.1) is 0 Å². The Morgan fingerprint density at radius 1 is 1.05 bits per heavy atom. The molecule has 0 saturated heterocycles. The molecule has 0 spiro atoms. The van der Waals surface area contributed by atoms with Crippen LogP contribution < -0.4 is 9.13 Å². The largest absolute Gasteiger partial charge is 0.448 e. The van der Waals surface area contributed by atoms with E-state index in [1.165, 1.54) is 36.8 Å². The zero-order chi connectivity index (χ0) is 15.1. The van der Waals surface area contributed by atoms with Crippen molar-refractivity contribution in [1.29, 1.82) is 0 Å². The molecule has 1 aliphatic rings. The van der Waals surface area contributed by atoms with Gasteiger partial charge in [-0.2, -0.15) is 9.13 Å². The van der Waals surface area contributed by atoms with Gasteiger partial charge in [0.15, 0.2) is 6.20 Å². The normalized spacial score (nSPS) is 15.7. The van der Waals surface area contributed by atoms with Crippen LogP contribution in [0.15, 0.2) is 47.0 Å². The van der Waals surface area contributed by atoms with Gasteiger partial charge in [-0.3, -0.25) is 0 Å². The molecule has 0 bridgehead atoms. The number of fused-ring (bicyclic) bond motifs is 1. The van der Waals surface area contributed by atoms with E-state index in [1.807, 2.05) is 25.4 Å². The van der Waals surface area contributed by atoms with E-state index < -0.39 is 0 Å². The molecule has 3 heteroatoms. The van der Waals surface area contributed by atoms with Crippen LogP contribution in [0.2, 0.25) is 0 Å². The van der Waals surface area contributed by atoms with Crippen molar-refractivity contribution >= 4 is 11.1 Å². The summed E-state index contributed by atoms with van der Waals surface area (Å²) < 4.78 is 10.4. The second kappa shape index (κ2) is 5.24. The Morgan fingerprint density at radius 2 is 1.86 bits per heavy atom. The van der Waals surface area contributed by atoms with Crippen LogP contribution in [-0.4, -0.2) is 0 Å². The van der Waals surface area contributed by atoms with Gasteiger partial charge in [-0.25, -0.2) is 0 Å². The lowest BCUT2D eigenvalue weighted by molar-refractivity contribution is -0.682. The molecule has 3 nitrogen and oxygen atoms in total. The van der Waals surface area contributed by atoms with Crippen LogP contribution in [0.1, 0.15) is 37.2 Å². The lowest BCUT2D eigenvalue weighted by Crippen LogP contribution is -2.36. The fraction of sp³-hybridized carbons (Fsp3) is 0.368. The molecular weight excluding hydrogens is 272 g/mol. The zero-order valence-corrected chi connectivity index (χ0v) is 13.2. The Labute approximate surface area is 130 Å². The zero-order valence-electron chi connectivity index (χ0n) is 13.2. The van der Waals surface area contributed by atoms with E-state index in [-0.39, 0.29) is 0 Å². The van der Waals surface area contributed by atoms with Crippen LogP contribution in [0.25, 0.3) is 22.7 Å². The summed E-state index contributed by atoms with van der Waals surface area (Å²) >= 11 is 0. The molecule has 0 unspecified atom stereocenters. The molecule has 0 N–H and O–H groups in total. The lowest BCUT2D eigenvalue weighted by atomic mass is 9.97. The molecule has 1 fully saturated rings. The quantitative estimate of drug-likeness (QED) is 0.664.